The van der Waals surface area contributed by atoms with E-state index in [0.29, 0.717) is 16.2 Å². The molecule has 1 atom stereocenters. The molecule has 4 heteroatoms. The molecule has 0 spiro atoms. The second-order valence-electron chi connectivity index (χ2n) is 4.97. The van der Waals surface area contributed by atoms with Crippen LogP contribution < -0.4 is 0 Å². The number of hydrogen-bond acceptors (Lipinski definition) is 3. The summed E-state index contributed by atoms with van der Waals surface area (Å²) in [4.78, 5) is 11.4. The highest BCUT2D eigenvalue weighted by molar-refractivity contribution is 6.33. The minimum Gasteiger partial charge on any atom is -0.421 e. The van der Waals surface area contributed by atoms with Gasteiger partial charge < -0.3 is 9.84 Å². The van der Waals surface area contributed by atoms with E-state index < -0.39 is 11.8 Å². The van der Waals surface area contributed by atoms with E-state index in [2.05, 4.69) is 0 Å². The maximum absolute atomic E-state index is 11.4. The summed E-state index contributed by atoms with van der Waals surface area (Å²) in [5, 5.41) is 11.0. The summed E-state index contributed by atoms with van der Waals surface area (Å²) < 4.78 is 5.01. The van der Waals surface area contributed by atoms with E-state index in [0.717, 1.165) is 11.1 Å². The van der Waals surface area contributed by atoms with E-state index >= 15 is 0 Å². The van der Waals surface area contributed by atoms with E-state index in [1.807, 2.05) is 36.4 Å². The average Bonchev–Trinajstić information content (AvgIpc) is 2.74. The molecule has 1 N–H and O–H groups in total. The first-order valence-electron chi connectivity index (χ1n) is 6.50. The zero-order chi connectivity index (χ0) is 15.0. The molecular weight excluding hydrogens is 288 g/mol. The molecule has 0 saturated carbocycles. The Labute approximate surface area is 127 Å². The standard InChI is InChI=1S/C17H13ClO3/c1-11-10-17(20,21-16(11)19)13-8-6-12(7-9-13)14-4-2-3-5-15(14)18/h2-10,20H,1H3/t17-/m0/s1. The third-order valence-electron chi connectivity index (χ3n) is 3.47. The summed E-state index contributed by atoms with van der Waals surface area (Å²) in [6.45, 7) is 1.61. The highest BCUT2D eigenvalue weighted by Gasteiger charge is 2.38. The number of carbonyl (C=O) groups excluding carboxylic acids is 1. The summed E-state index contributed by atoms with van der Waals surface area (Å²) in [5.41, 5.74) is 2.74. The minimum absolute atomic E-state index is 0.396. The van der Waals surface area contributed by atoms with Gasteiger partial charge in [0.2, 0.25) is 0 Å². The quantitative estimate of drug-likeness (QED) is 0.861. The highest BCUT2D eigenvalue weighted by atomic mass is 35.5. The Morgan fingerprint density at radius 2 is 1.76 bits per heavy atom. The van der Waals surface area contributed by atoms with Crippen LogP contribution in [0.2, 0.25) is 5.02 Å². The normalized spacial score (nSPS) is 21.1. The van der Waals surface area contributed by atoms with Gasteiger partial charge in [-0.25, -0.2) is 4.79 Å². The Morgan fingerprint density at radius 3 is 2.33 bits per heavy atom. The van der Waals surface area contributed by atoms with Gasteiger partial charge in [-0.2, -0.15) is 0 Å². The van der Waals surface area contributed by atoms with Crippen molar-refractivity contribution in [2.45, 2.75) is 12.7 Å². The van der Waals surface area contributed by atoms with E-state index in [9.17, 15) is 9.90 Å². The van der Waals surface area contributed by atoms with Crippen molar-refractivity contribution < 1.29 is 14.6 Å². The Morgan fingerprint density at radius 1 is 1.10 bits per heavy atom. The van der Waals surface area contributed by atoms with Gasteiger partial charge >= 0.3 is 5.97 Å². The Balaban J connectivity index is 1.96. The molecule has 0 unspecified atom stereocenters. The molecule has 106 valence electrons. The van der Waals surface area contributed by atoms with Crippen LogP contribution in [-0.4, -0.2) is 11.1 Å². The number of aliphatic hydroxyl groups is 1. The lowest BCUT2D eigenvalue weighted by Crippen LogP contribution is -2.24. The van der Waals surface area contributed by atoms with Crippen LogP contribution >= 0.6 is 11.6 Å². The zero-order valence-corrected chi connectivity index (χ0v) is 12.1. The molecule has 21 heavy (non-hydrogen) atoms. The molecular formula is C17H13ClO3. The van der Waals surface area contributed by atoms with Crippen molar-refractivity contribution >= 4 is 17.6 Å². The molecule has 2 aromatic rings. The Bertz CT molecular complexity index is 734. The second-order valence-corrected chi connectivity index (χ2v) is 5.38. The van der Waals surface area contributed by atoms with Gasteiger partial charge in [0.25, 0.3) is 5.79 Å². The highest BCUT2D eigenvalue weighted by Crippen LogP contribution is 2.34. The van der Waals surface area contributed by atoms with Crippen molar-refractivity contribution in [1.29, 1.82) is 0 Å². The lowest BCUT2D eigenvalue weighted by molar-refractivity contribution is -0.182. The van der Waals surface area contributed by atoms with Crippen molar-refractivity contribution in [3.8, 4) is 11.1 Å². The number of esters is 1. The summed E-state index contributed by atoms with van der Waals surface area (Å²) in [5.74, 6) is -2.19. The third-order valence-corrected chi connectivity index (χ3v) is 3.80. The largest absolute Gasteiger partial charge is 0.421 e. The molecule has 1 aliphatic heterocycles. The van der Waals surface area contributed by atoms with Crippen molar-refractivity contribution in [2.24, 2.45) is 0 Å². The number of rotatable bonds is 2. The number of cyclic esters (lactones) is 1. The molecule has 0 aliphatic carbocycles. The maximum Gasteiger partial charge on any atom is 0.336 e. The first-order chi connectivity index (χ1) is 9.99. The van der Waals surface area contributed by atoms with Crippen LogP contribution in [0.5, 0.6) is 0 Å². The van der Waals surface area contributed by atoms with Crippen molar-refractivity contribution in [2.75, 3.05) is 0 Å². The lowest BCUT2D eigenvalue weighted by Gasteiger charge is -2.20. The molecule has 0 aromatic heterocycles. The minimum atomic E-state index is -1.68. The van der Waals surface area contributed by atoms with Crippen LogP contribution in [0.4, 0.5) is 0 Å². The van der Waals surface area contributed by atoms with E-state index in [-0.39, 0.29) is 0 Å². The molecule has 1 heterocycles. The topological polar surface area (TPSA) is 46.5 Å². The van der Waals surface area contributed by atoms with E-state index in [1.165, 1.54) is 6.08 Å². The van der Waals surface area contributed by atoms with Gasteiger partial charge in [0, 0.05) is 27.8 Å². The first kappa shape index (κ1) is 13.9. The maximum atomic E-state index is 11.4. The number of hydrogen-bond donors (Lipinski definition) is 1. The molecule has 0 radical (unpaired) electrons. The van der Waals surface area contributed by atoms with Crippen LogP contribution in [-0.2, 0) is 15.3 Å². The summed E-state index contributed by atoms with van der Waals surface area (Å²) >= 11 is 6.16. The van der Waals surface area contributed by atoms with Gasteiger partial charge in [0.1, 0.15) is 0 Å². The lowest BCUT2D eigenvalue weighted by atomic mass is 10.00. The Kier molecular flexibility index (Phi) is 3.32. The first-order valence-corrected chi connectivity index (χ1v) is 6.88. The van der Waals surface area contributed by atoms with E-state index in [1.54, 1.807) is 19.1 Å². The zero-order valence-electron chi connectivity index (χ0n) is 11.3. The van der Waals surface area contributed by atoms with Crippen LogP contribution in [0.3, 0.4) is 0 Å². The van der Waals surface area contributed by atoms with Gasteiger partial charge in [-0.1, -0.05) is 54.1 Å². The van der Waals surface area contributed by atoms with Crippen molar-refractivity contribution in [3.05, 3.63) is 70.8 Å². The molecule has 3 nitrogen and oxygen atoms in total. The number of halogens is 1. The smallest absolute Gasteiger partial charge is 0.336 e. The van der Waals surface area contributed by atoms with Gasteiger partial charge in [0.15, 0.2) is 0 Å². The van der Waals surface area contributed by atoms with Crippen molar-refractivity contribution in [3.63, 3.8) is 0 Å². The van der Waals surface area contributed by atoms with Crippen LogP contribution in [0.1, 0.15) is 12.5 Å². The van der Waals surface area contributed by atoms with Crippen LogP contribution in [0.15, 0.2) is 60.2 Å². The van der Waals surface area contributed by atoms with Gasteiger partial charge in [-0.3, -0.25) is 0 Å². The number of carbonyl (C=O) groups is 1. The van der Waals surface area contributed by atoms with Crippen molar-refractivity contribution in [1.82, 2.24) is 0 Å². The Hall–Kier alpha value is -2.10. The molecule has 0 fully saturated rings. The molecule has 0 bridgehead atoms. The predicted molar refractivity (Wildman–Crippen MR) is 80.6 cm³/mol. The van der Waals surface area contributed by atoms with E-state index in [4.69, 9.17) is 16.3 Å². The third kappa shape index (κ3) is 2.46. The molecule has 1 aliphatic rings. The number of benzene rings is 2. The fourth-order valence-electron chi connectivity index (χ4n) is 2.33. The predicted octanol–water partition coefficient (Wildman–Crippen LogP) is 3.66. The molecule has 2 aromatic carbocycles. The summed E-state index contributed by atoms with van der Waals surface area (Å²) in [7, 11) is 0. The molecule has 0 amide bonds. The average molecular weight is 301 g/mol. The number of ether oxygens (including phenoxy) is 1. The fraction of sp³-hybridized carbons (Fsp3) is 0.118. The van der Waals surface area contributed by atoms with Gasteiger partial charge in [-0.15, -0.1) is 0 Å². The fourth-order valence-corrected chi connectivity index (χ4v) is 2.57. The summed E-state index contributed by atoms with van der Waals surface area (Å²) in [6.07, 6.45) is 1.42. The summed E-state index contributed by atoms with van der Waals surface area (Å²) in [6, 6.07) is 14.6. The SMILES string of the molecule is CC1=C[C@@](O)(c2ccc(-c3ccccc3Cl)cc2)OC1=O. The second kappa shape index (κ2) is 5.02. The molecule has 3 rings (SSSR count). The van der Waals surface area contributed by atoms with Gasteiger partial charge in [-0.05, 0) is 18.6 Å². The van der Waals surface area contributed by atoms with Gasteiger partial charge in [0.05, 0.1) is 0 Å². The molecule has 0 saturated heterocycles. The monoisotopic (exact) mass is 300 g/mol. The van der Waals surface area contributed by atoms with Crippen LogP contribution in [0, 0.1) is 0 Å². The van der Waals surface area contributed by atoms with Crippen LogP contribution in [0.25, 0.3) is 11.1 Å².